The van der Waals surface area contributed by atoms with Crippen LogP contribution in [-0.4, -0.2) is 23.4 Å². The topological polar surface area (TPSA) is 63.3 Å². The van der Waals surface area contributed by atoms with Crippen LogP contribution < -0.4 is 5.73 Å². The number of benzene rings is 1. The number of hydrogen-bond donors (Lipinski definition) is 2. The first-order valence-electron chi connectivity index (χ1n) is 4.42. The lowest BCUT2D eigenvalue weighted by Crippen LogP contribution is -2.11. The predicted octanol–water partition coefficient (Wildman–Crippen LogP) is 1.15. The molecule has 0 saturated carbocycles. The quantitative estimate of drug-likeness (QED) is 0.744. The molecule has 0 bridgehead atoms. The highest BCUT2D eigenvalue weighted by Crippen LogP contribution is 2.16. The lowest BCUT2D eigenvalue weighted by Gasteiger charge is -2.03. The van der Waals surface area contributed by atoms with Crippen LogP contribution >= 0.6 is 11.8 Å². The standard InChI is InChI=1S/C10H12FNO2S/c11-9-5-7(10(12)14)1-2-8(9)6-15-4-3-13/h1-2,5,13H,3-4,6H2,(H2,12,14). The Balaban J connectivity index is 2.70. The van der Waals surface area contributed by atoms with E-state index in [9.17, 15) is 9.18 Å². The van der Waals surface area contributed by atoms with E-state index < -0.39 is 11.7 Å². The number of aliphatic hydroxyl groups excluding tert-OH is 1. The van der Waals surface area contributed by atoms with Crippen molar-refractivity contribution in [1.82, 2.24) is 0 Å². The minimum Gasteiger partial charge on any atom is -0.396 e. The molecule has 0 spiro atoms. The summed E-state index contributed by atoms with van der Waals surface area (Å²) in [7, 11) is 0. The fourth-order valence-electron chi connectivity index (χ4n) is 1.06. The monoisotopic (exact) mass is 229 g/mol. The van der Waals surface area contributed by atoms with Crippen molar-refractivity contribution in [2.75, 3.05) is 12.4 Å². The Labute approximate surface area is 91.5 Å². The largest absolute Gasteiger partial charge is 0.396 e. The lowest BCUT2D eigenvalue weighted by molar-refractivity contribution is 0.1000. The van der Waals surface area contributed by atoms with Gasteiger partial charge in [0.05, 0.1) is 6.61 Å². The number of nitrogens with two attached hydrogens (primary N) is 1. The van der Waals surface area contributed by atoms with E-state index in [0.717, 1.165) is 6.07 Å². The fourth-order valence-corrected chi connectivity index (χ4v) is 1.79. The fraction of sp³-hybridized carbons (Fsp3) is 0.300. The molecule has 0 heterocycles. The van der Waals surface area contributed by atoms with Gasteiger partial charge in [0.2, 0.25) is 5.91 Å². The summed E-state index contributed by atoms with van der Waals surface area (Å²) in [6.45, 7) is 0.0751. The molecule has 0 aliphatic heterocycles. The van der Waals surface area contributed by atoms with E-state index in [2.05, 4.69) is 0 Å². The Morgan fingerprint density at radius 1 is 1.53 bits per heavy atom. The minimum atomic E-state index is -0.636. The van der Waals surface area contributed by atoms with Gasteiger partial charge in [0.15, 0.2) is 0 Å². The number of aliphatic hydroxyl groups is 1. The Kier molecular flexibility index (Phi) is 4.58. The number of thioether (sulfide) groups is 1. The van der Waals surface area contributed by atoms with Crippen LogP contribution in [0.25, 0.3) is 0 Å². The number of rotatable bonds is 5. The van der Waals surface area contributed by atoms with E-state index >= 15 is 0 Å². The van der Waals surface area contributed by atoms with Gasteiger partial charge in [-0.25, -0.2) is 4.39 Å². The SMILES string of the molecule is NC(=O)c1ccc(CSCCO)c(F)c1. The third kappa shape index (κ3) is 3.53. The molecule has 0 saturated heterocycles. The van der Waals surface area contributed by atoms with Gasteiger partial charge in [0.1, 0.15) is 5.82 Å². The Bertz CT molecular complexity index is 357. The van der Waals surface area contributed by atoms with Crippen molar-refractivity contribution in [1.29, 1.82) is 0 Å². The smallest absolute Gasteiger partial charge is 0.248 e. The summed E-state index contributed by atoms with van der Waals surface area (Å²) in [5.41, 5.74) is 5.69. The number of primary amides is 1. The molecule has 82 valence electrons. The average Bonchev–Trinajstić information content (AvgIpc) is 2.20. The predicted molar refractivity (Wildman–Crippen MR) is 58.2 cm³/mol. The van der Waals surface area contributed by atoms with E-state index in [4.69, 9.17) is 10.8 Å². The molecule has 0 atom stereocenters. The summed E-state index contributed by atoms with van der Waals surface area (Å²) >= 11 is 1.43. The van der Waals surface area contributed by atoms with Gasteiger partial charge in [0, 0.05) is 17.1 Å². The maximum Gasteiger partial charge on any atom is 0.248 e. The van der Waals surface area contributed by atoms with Gasteiger partial charge in [-0.15, -0.1) is 0 Å². The highest BCUT2D eigenvalue weighted by atomic mass is 32.2. The first-order chi connectivity index (χ1) is 7.15. The molecule has 0 unspecified atom stereocenters. The van der Waals surface area contributed by atoms with Crippen molar-refractivity contribution in [2.24, 2.45) is 5.73 Å². The molecule has 0 aliphatic carbocycles. The Hall–Kier alpha value is -1.07. The highest BCUT2D eigenvalue weighted by Gasteiger charge is 2.06. The number of carbonyl (C=O) groups is 1. The molecule has 15 heavy (non-hydrogen) atoms. The zero-order chi connectivity index (χ0) is 11.3. The second-order valence-corrected chi connectivity index (χ2v) is 4.05. The van der Waals surface area contributed by atoms with Gasteiger partial charge in [-0.05, 0) is 17.7 Å². The van der Waals surface area contributed by atoms with Crippen LogP contribution in [0, 0.1) is 5.82 Å². The van der Waals surface area contributed by atoms with Crippen molar-refractivity contribution in [2.45, 2.75) is 5.75 Å². The van der Waals surface area contributed by atoms with E-state index in [0.29, 0.717) is 17.1 Å². The minimum absolute atomic E-state index is 0.0751. The van der Waals surface area contributed by atoms with Gasteiger partial charge >= 0.3 is 0 Å². The summed E-state index contributed by atoms with van der Waals surface area (Å²) < 4.78 is 13.4. The molecule has 5 heteroatoms. The van der Waals surface area contributed by atoms with E-state index in [1.807, 2.05) is 0 Å². The van der Waals surface area contributed by atoms with E-state index in [1.54, 1.807) is 6.07 Å². The molecule has 0 radical (unpaired) electrons. The normalized spacial score (nSPS) is 10.3. The summed E-state index contributed by atoms with van der Waals surface area (Å²) in [4.78, 5) is 10.7. The van der Waals surface area contributed by atoms with Crippen molar-refractivity contribution in [3.63, 3.8) is 0 Å². The first-order valence-corrected chi connectivity index (χ1v) is 5.57. The second kappa shape index (κ2) is 5.72. The van der Waals surface area contributed by atoms with E-state index in [-0.39, 0.29) is 12.2 Å². The van der Waals surface area contributed by atoms with Gasteiger partial charge in [0.25, 0.3) is 0 Å². The van der Waals surface area contributed by atoms with Crippen LogP contribution in [-0.2, 0) is 5.75 Å². The Morgan fingerprint density at radius 3 is 2.80 bits per heavy atom. The number of amides is 1. The van der Waals surface area contributed by atoms with Crippen molar-refractivity contribution >= 4 is 17.7 Å². The van der Waals surface area contributed by atoms with Crippen LogP contribution in [0.2, 0.25) is 0 Å². The van der Waals surface area contributed by atoms with Crippen molar-refractivity contribution in [3.8, 4) is 0 Å². The van der Waals surface area contributed by atoms with Crippen LogP contribution in [0.1, 0.15) is 15.9 Å². The molecular formula is C10H12FNO2S. The second-order valence-electron chi connectivity index (χ2n) is 2.95. The van der Waals surface area contributed by atoms with Crippen LogP contribution in [0.4, 0.5) is 4.39 Å². The van der Waals surface area contributed by atoms with Gasteiger partial charge < -0.3 is 10.8 Å². The molecule has 0 aliphatic rings. The van der Waals surface area contributed by atoms with Gasteiger partial charge in [-0.1, -0.05) is 6.07 Å². The summed E-state index contributed by atoms with van der Waals surface area (Å²) in [6, 6.07) is 4.18. The zero-order valence-corrected chi connectivity index (χ0v) is 8.89. The molecule has 3 N–H and O–H groups in total. The maximum absolute atomic E-state index is 13.4. The molecule has 1 aromatic carbocycles. The summed E-state index contributed by atoms with van der Waals surface area (Å²) in [5.74, 6) is -0.0252. The molecule has 0 fully saturated rings. The molecule has 3 nitrogen and oxygen atoms in total. The van der Waals surface area contributed by atoms with Crippen molar-refractivity contribution in [3.05, 3.63) is 35.1 Å². The van der Waals surface area contributed by atoms with Crippen LogP contribution in [0.15, 0.2) is 18.2 Å². The lowest BCUT2D eigenvalue weighted by atomic mass is 10.1. The third-order valence-electron chi connectivity index (χ3n) is 1.83. The van der Waals surface area contributed by atoms with Crippen LogP contribution in [0.3, 0.4) is 0 Å². The molecule has 1 rings (SSSR count). The Morgan fingerprint density at radius 2 is 2.27 bits per heavy atom. The number of halogens is 1. The van der Waals surface area contributed by atoms with Gasteiger partial charge in [-0.2, -0.15) is 11.8 Å². The maximum atomic E-state index is 13.4. The number of hydrogen-bond acceptors (Lipinski definition) is 3. The summed E-state index contributed by atoms with van der Waals surface area (Å²) in [6.07, 6.45) is 0. The molecule has 1 amide bonds. The third-order valence-corrected chi connectivity index (χ3v) is 2.82. The molecular weight excluding hydrogens is 217 g/mol. The average molecular weight is 229 g/mol. The highest BCUT2D eigenvalue weighted by molar-refractivity contribution is 7.98. The first kappa shape index (κ1) is 12.0. The van der Waals surface area contributed by atoms with Crippen LogP contribution in [0.5, 0.6) is 0 Å². The molecule has 1 aromatic rings. The molecule has 0 aromatic heterocycles. The summed E-state index contributed by atoms with van der Waals surface area (Å²) in [5, 5.41) is 8.55. The number of carbonyl (C=O) groups excluding carboxylic acids is 1. The van der Waals surface area contributed by atoms with Crippen molar-refractivity contribution < 1.29 is 14.3 Å². The van der Waals surface area contributed by atoms with E-state index in [1.165, 1.54) is 17.8 Å². The van der Waals surface area contributed by atoms with Gasteiger partial charge in [-0.3, -0.25) is 4.79 Å². The zero-order valence-electron chi connectivity index (χ0n) is 8.07.